The molecule has 0 spiro atoms. The molecule has 0 radical (unpaired) electrons. The average molecular weight is 291 g/mol. The summed E-state index contributed by atoms with van der Waals surface area (Å²) in [5, 5.41) is 9.92. The zero-order chi connectivity index (χ0) is 14.9. The molecule has 1 saturated heterocycles. The van der Waals surface area contributed by atoms with Crippen molar-refractivity contribution in [3.8, 4) is 0 Å². The number of nitrogens with zero attached hydrogens (tertiary/aromatic N) is 1. The third kappa shape index (κ3) is 2.15. The summed E-state index contributed by atoms with van der Waals surface area (Å²) in [4.78, 5) is 15.3. The minimum atomic E-state index is -0.303. The van der Waals surface area contributed by atoms with Crippen LogP contribution in [-0.4, -0.2) is 35.1 Å². The minimum Gasteiger partial charge on any atom is -0.391 e. The first kappa shape index (κ1) is 14.0. The summed E-state index contributed by atoms with van der Waals surface area (Å²) in [6.45, 7) is 6.26. The average Bonchev–Trinajstić information content (AvgIpc) is 2.33. The third-order valence-electron chi connectivity index (χ3n) is 6.76. The summed E-state index contributed by atoms with van der Waals surface area (Å²) >= 11 is 0. The highest BCUT2D eigenvalue weighted by molar-refractivity contribution is 5.83. The summed E-state index contributed by atoms with van der Waals surface area (Å²) in [6, 6.07) is 0. The molecule has 3 atom stereocenters. The molecule has 4 bridgehead atoms. The van der Waals surface area contributed by atoms with E-state index in [1.165, 1.54) is 19.3 Å². The van der Waals surface area contributed by atoms with Crippen molar-refractivity contribution in [2.45, 2.75) is 71.3 Å². The number of β-amino-alcohol motifs (C(OH)–C–C–N with tert-alkyl or cyclic N) is 1. The maximum absolute atomic E-state index is 13.3. The molecule has 0 aromatic heterocycles. The van der Waals surface area contributed by atoms with E-state index in [0.717, 1.165) is 44.6 Å². The molecule has 0 aromatic carbocycles. The first-order chi connectivity index (χ1) is 9.82. The molecule has 1 N–H and O–H groups in total. The van der Waals surface area contributed by atoms with Crippen molar-refractivity contribution in [1.82, 2.24) is 4.90 Å². The monoisotopic (exact) mass is 291 g/mol. The molecule has 3 heteroatoms. The molecule has 118 valence electrons. The maximum atomic E-state index is 13.3. The van der Waals surface area contributed by atoms with Gasteiger partial charge in [-0.2, -0.15) is 0 Å². The molecule has 1 amide bonds. The van der Waals surface area contributed by atoms with Crippen molar-refractivity contribution in [2.24, 2.45) is 22.2 Å². The second-order valence-corrected chi connectivity index (χ2v) is 9.46. The molecule has 4 aliphatic carbocycles. The fourth-order valence-corrected chi connectivity index (χ4v) is 7.16. The Morgan fingerprint density at radius 1 is 1.10 bits per heavy atom. The van der Waals surface area contributed by atoms with Gasteiger partial charge in [0.1, 0.15) is 0 Å². The Hall–Kier alpha value is -0.570. The molecule has 0 aromatic rings. The molecule has 5 aliphatic rings. The van der Waals surface area contributed by atoms with Crippen molar-refractivity contribution in [2.75, 3.05) is 13.1 Å². The predicted molar refractivity (Wildman–Crippen MR) is 81.7 cm³/mol. The first-order valence-electron chi connectivity index (χ1n) is 8.79. The van der Waals surface area contributed by atoms with E-state index in [2.05, 4.69) is 13.8 Å². The summed E-state index contributed by atoms with van der Waals surface area (Å²) in [6.07, 6.45) is 8.80. The summed E-state index contributed by atoms with van der Waals surface area (Å²) in [5.74, 6) is 1.14. The molecule has 4 saturated carbocycles. The number of hydrogen-bond donors (Lipinski definition) is 1. The number of likely N-dealkylation sites (tertiary alicyclic amines) is 1. The zero-order valence-electron chi connectivity index (χ0n) is 13.5. The lowest BCUT2D eigenvalue weighted by molar-refractivity contribution is -0.181. The number of carbonyl (C=O) groups is 1. The Balaban J connectivity index is 1.63. The van der Waals surface area contributed by atoms with Gasteiger partial charge < -0.3 is 10.0 Å². The fourth-order valence-electron chi connectivity index (χ4n) is 7.16. The van der Waals surface area contributed by atoms with Gasteiger partial charge in [-0.1, -0.05) is 13.8 Å². The Morgan fingerprint density at radius 3 is 2.33 bits per heavy atom. The van der Waals surface area contributed by atoms with Crippen LogP contribution in [0.25, 0.3) is 0 Å². The largest absolute Gasteiger partial charge is 0.391 e. The van der Waals surface area contributed by atoms with Gasteiger partial charge >= 0.3 is 0 Å². The van der Waals surface area contributed by atoms with E-state index >= 15 is 0 Å². The second kappa shape index (κ2) is 4.24. The quantitative estimate of drug-likeness (QED) is 0.807. The molecule has 21 heavy (non-hydrogen) atoms. The molecule has 1 aliphatic heterocycles. The number of amides is 1. The van der Waals surface area contributed by atoms with E-state index in [0.29, 0.717) is 23.3 Å². The Labute approximate surface area is 128 Å². The van der Waals surface area contributed by atoms with E-state index in [4.69, 9.17) is 0 Å². The predicted octanol–water partition coefficient (Wildman–Crippen LogP) is 2.97. The Bertz CT molecular complexity index is 456. The van der Waals surface area contributed by atoms with Crippen LogP contribution in [-0.2, 0) is 4.79 Å². The van der Waals surface area contributed by atoms with Gasteiger partial charge in [0.15, 0.2) is 0 Å². The van der Waals surface area contributed by atoms with Gasteiger partial charge in [-0.3, -0.25) is 4.79 Å². The summed E-state index contributed by atoms with van der Waals surface area (Å²) in [5.41, 5.74) is 0.677. The molecule has 3 unspecified atom stereocenters. The molecule has 1 heterocycles. The van der Waals surface area contributed by atoms with Crippen LogP contribution in [0.2, 0.25) is 0 Å². The number of aliphatic hydroxyl groups is 1. The third-order valence-corrected chi connectivity index (χ3v) is 6.76. The maximum Gasteiger partial charge on any atom is 0.228 e. The lowest BCUT2D eigenvalue weighted by Gasteiger charge is -2.65. The zero-order valence-corrected chi connectivity index (χ0v) is 13.5. The highest BCUT2D eigenvalue weighted by Crippen LogP contribution is 2.69. The smallest absolute Gasteiger partial charge is 0.228 e. The second-order valence-electron chi connectivity index (χ2n) is 9.46. The van der Waals surface area contributed by atoms with Crippen LogP contribution in [0.5, 0.6) is 0 Å². The number of rotatable bonds is 1. The fraction of sp³-hybridized carbons (Fsp3) is 0.944. The van der Waals surface area contributed by atoms with E-state index in [1.807, 2.05) is 4.90 Å². The van der Waals surface area contributed by atoms with Gasteiger partial charge in [0.05, 0.1) is 11.5 Å². The SMILES string of the molecule is CC12CC3CC(C)(C1)CC(C(=O)N1CCCC(O)C1)(C3)C2. The molecular formula is C18H29NO2. The summed E-state index contributed by atoms with van der Waals surface area (Å²) in [7, 11) is 0. The number of piperidine rings is 1. The highest BCUT2D eigenvalue weighted by atomic mass is 16.3. The Kier molecular flexibility index (Phi) is 2.84. The molecule has 5 rings (SSSR count). The number of carbonyl (C=O) groups excluding carboxylic acids is 1. The number of hydrogen-bond acceptors (Lipinski definition) is 2. The van der Waals surface area contributed by atoms with Crippen molar-refractivity contribution < 1.29 is 9.90 Å². The van der Waals surface area contributed by atoms with Crippen molar-refractivity contribution in [3.63, 3.8) is 0 Å². The van der Waals surface area contributed by atoms with E-state index in [1.54, 1.807) is 0 Å². The standard InChI is InChI=1S/C18H29NO2/c1-16-6-13-7-17(2,10-16)12-18(8-13,11-16)15(21)19-5-3-4-14(20)9-19/h13-14,20H,3-12H2,1-2H3. The van der Waals surface area contributed by atoms with Crippen LogP contribution in [0.1, 0.15) is 65.2 Å². The van der Waals surface area contributed by atoms with E-state index < -0.39 is 0 Å². The molecule has 3 nitrogen and oxygen atoms in total. The van der Waals surface area contributed by atoms with Crippen LogP contribution in [0, 0.1) is 22.2 Å². The van der Waals surface area contributed by atoms with E-state index in [9.17, 15) is 9.90 Å². The van der Waals surface area contributed by atoms with Gasteiger partial charge in [-0.05, 0) is 68.1 Å². The lowest BCUT2D eigenvalue weighted by atomic mass is 9.40. The van der Waals surface area contributed by atoms with Gasteiger partial charge in [0.2, 0.25) is 5.91 Å². The van der Waals surface area contributed by atoms with Gasteiger partial charge in [0.25, 0.3) is 0 Å². The van der Waals surface area contributed by atoms with Crippen molar-refractivity contribution in [1.29, 1.82) is 0 Å². The van der Waals surface area contributed by atoms with Crippen molar-refractivity contribution in [3.05, 3.63) is 0 Å². The van der Waals surface area contributed by atoms with Gasteiger partial charge in [-0.15, -0.1) is 0 Å². The van der Waals surface area contributed by atoms with Crippen LogP contribution in [0.4, 0.5) is 0 Å². The Morgan fingerprint density at radius 2 is 1.76 bits per heavy atom. The lowest BCUT2D eigenvalue weighted by Crippen LogP contribution is -2.61. The normalized spacial score (nSPS) is 52.2. The molecular weight excluding hydrogens is 262 g/mol. The molecule has 5 fully saturated rings. The van der Waals surface area contributed by atoms with Crippen LogP contribution in [0.15, 0.2) is 0 Å². The van der Waals surface area contributed by atoms with Gasteiger partial charge in [-0.25, -0.2) is 0 Å². The van der Waals surface area contributed by atoms with E-state index in [-0.39, 0.29) is 11.5 Å². The van der Waals surface area contributed by atoms with Crippen LogP contribution >= 0.6 is 0 Å². The number of aliphatic hydroxyl groups excluding tert-OH is 1. The van der Waals surface area contributed by atoms with Crippen molar-refractivity contribution >= 4 is 5.91 Å². The topological polar surface area (TPSA) is 40.5 Å². The van der Waals surface area contributed by atoms with Crippen LogP contribution < -0.4 is 0 Å². The summed E-state index contributed by atoms with van der Waals surface area (Å²) < 4.78 is 0. The highest BCUT2D eigenvalue weighted by Gasteiger charge is 2.63. The van der Waals surface area contributed by atoms with Crippen LogP contribution in [0.3, 0.4) is 0 Å². The van der Waals surface area contributed by atoms with Gasteiger partial charge in [0, 0.05) is 13.1 Å². The first-order valence-corrected chi connectivity index (χ1v) is 8.79. The minimum absolute atomic E-state index is 0.0972.